The lowest BCUT2D eigenvalue weighted by molar-refractivity contribution is 0.0946. The average molecular weight is 467 g/mol. The summed E-state index contributed by atoms with van der Waals surface area (Å²) < 4.78 is 33.6. The molecule has 7 heteroatoms. The topological polar surface area (TPSA) is 75.7 Å². The van der Waals surface area contributed by atoms with E-state index in [0.717, 1.165) is 34.9 Å². The minimum absolute atomic E-state index is 0.166. The summed E-state index contributed by atoms with van der Waals surface area (Å²) in [5.41, 5.74) is 1.10. The number of carbonyl (C=O) groups is 1. The fourth-order valence-electron chi connectivity index (χ4n) is 4.12. The summed E-state index contributed by atoms with van der Waals surface area (Å²) >= 11 is 0. The van der Waals surface area contributed by atoms with Crippen LogP contribution in [0.4, 0.5) is 0 Å². The Morgan fingerprint density at radius 1 is 1.06 bits per heavy atom. The van der Waals surface area contributed by atoms with Gasteiger partial charge in [-0.3, -0.25) is 4.79 Å². The fourth-order valence-corrected chi connectivity index (χ4v) is 5.62. The van der Waals surface area contributed by atoms with Crippen LogP contribution in [0.1, 0.15) is 35.7 Å². The first-order valence-corrected chi connectivity index (χ1v) is 12.8. The molecule has 1 heterocycles. The van der Waals surface area contributed by atoms with E-state index in [0.29, 0.717) is 37.7 Å². The van der Waals surface area contributed by atoms with Crippen molar-refractivity contribution < 1.29 is 17.9 Å². The Bertz CT molecular complexity index is 1240. The molecule has 3 aromatic rings. The molecule has 1 aliphatic rings. The third-order valence-corrected chi connectivity index (χ3v) is 8.12. The van der Waals surface area contributed by atoms with Crippen LogP contribution in [0.5, 0.6) is 5.75 Å². The third kappa shape index (κ3) is 5.20. The third-order valence-electron chi connectivity index (χ3n) is 6.23. The number of sulfonamides is 1. The summed E-state index contributed by atoms with van der Waals surface area (Å²) in [4.78, 5) is 13.0. The highest BCUT2D eigenvalue weighted by molar-refractivity contribution is 7.89. The van der Waals surface area contributed by atoms with Gasteiger partial charge in [0.15, 0.2) is 0 Å². The lowest BCUT2D eigenvalue weighted by Crippen LogP contribution is -2.38. The monoisotopic (exact) mass is 466 g/mol. The van der Waals surface area contributed by atoms with Gasteiger partial charge in [-0.15, -0.1) is 0 Å². The van der Waals surface area contributed by atoms with Gasteiger partial charge in [0.1, 0.15) is 12.4 Å². The van der Waals surface area contributed by atoms with E-state index in [1.54, 1.807) is 19.1 Å². The minimum atomic E-state index is -3.61. The smallest absolute Gasteiger partial charge is 0.251 e. The van der Waals surface area contributed by atoms with Crippen LogP contribution in [-0.2, 0) is 10.0 Å². The van der Waals surface area contributed by atoms with Crippen LogP contribution in [0.2, 0.25) is 0 Å². The molecule has 6 nitrogen and oxygen atoms in total. The molecule has 0 saturated carbocycles. The summed E-state index contributed by atoms with van der Waals surface area (Å²) in [6.45, 7) is 5.60. The highest BCUT2D eigenvalue weighted by Crippen LogP contribution is 2.26. The van der Waals surface area contributed by atoms with Gasteiger partial charge in [-0.25, -0.2) is 8.42 Å². The van der Waals surface area contributed by atoms with E-state index >= 15 is 0 Å². The normalized spacial score (nSPS) is 15.5. The molecule has 0 spiro atoms. The SMILES string of the molecule is Cc1ccc(S(=O)(=O)N2CCC(C)CC2)cc1C(=O)NCCOc1cccc2ccccc12. The van der Waals surface area contributed by atoms with E-state index in [1.165, 1.54) is 10.4 Å². The lowest BCUT2D eigenvalue weighted by atomic mass is 10.0. The molecule has 1 aliphatic heterocycles. The second kappa shape index (κ2) is 9.93. The number of piperidine rings is 1. The number of aryl methyl sites for hydroxylation is 1. The van der Waals surface area contributed by atoms with Gasteiger partial charge in [0, 0.05) is 24.0 Å². The van der Waals surface area contributed by atoms with Crippen molar-refractivity contribution in [3.8, 4) is 5.75 Å². The van der Waals surface area contributed by atoms with Gasteiger partial charge in [0.2, 0.25) is 10.0 Å². The van der Waals surface area contributed by atoms with Gasteiger partial charge in [-0.1, -0.05) is 49.4 Å². The van der Waals surface area contributed by atoms with Crippen molar-refractivity contribution in [1.29, 1.82) is 0 Å². The molecule has 0 aromatic heterocycles. The maximum absolute atomic E-state index is 13.1. The van der Waals surface area contributed by atoms with E-state index in [1.807, 2.05) is 42.5 Å². The fraction of sp³-hybridized carbons (Fsp3) is 0.346. The summed E-state index contributed by atoms with van der Waals surface area (Å²) in [6.07, 6.45) is 1.71. The Balaban J connectivity index is 1.40. The zero-order chi connectivity index (χ0) is 23.4. The zero-order valence-electron chi connectivity index (χ0n) is 19.1. The lowest BCUT2D eigenvalue weighted by Gasteiger charge is -2.29. The molecule has 3 aromatic carbocycles. The first kappa shape index (κ1) is 23.3. The standard InChI is InChI=1S/C26H30N2O4S/c1-19-12-15-28(16-13-19)33(30,31)22-11-10-20(2)24(18-22)26(29)27-14-17-32-25-9-5-7-21-6-3-4-8-23(21)25/h3-11,18-19H,12-17H2,1-2H3,(H,27,29). The number of hydrogen-bond donors (Lipinski definition) is 1. The van der Waals surface area contributed by atoms with E-state index < -0.39 is 10.0 Å². The van der Waals surface area contributed by atoms with Crippen molar-refractivity contribution >= 4 is 26.7 Å². The number of amides is 1. The van der Waals surface area contributed by atoms with Crippen molar-refractivity contribution in [2.45, 2.75) is 31.6 Å². The van der Waals surface area contributed by atoms with E-state index in [4.69, 9.17) is 4.74 Å². The van der Waals surface area contributed by atoms with E-state index in [9.17, 15) is 13.2 Å². The van der Waals surface area contributed by atoms with Crippen LogP contribution in [0.15, 0.2) is 65.6 Å². The van der Waals surface area contributed by atoms with Gasteiger partial charge in [-0.05, 0) is 54.8 Å². The van der Waals surface area contributed by atoms with Crippen molar-refractivity contribution in [2.75, 3.05) is 26.2 Å². The number of carbonyl (C=O) groups excluding carboxylic acids is 1. The molecule has 0 aliphatic carbocycles. The minimum Gasteiger partial charge on any atom is -0.491 e. The Labute approximate surface area is 195 Å². The first-order chi connectivity index (χ1) is 15.9. The number of nitrogens with one attached hydrogen (secondary N) is 1. The maximum atomic E-state index is 13.1. The zero-order valence-corrected chi connectivity index (χ0v) is 19.9. The van der Waals surface area contributed by atoms with Gasteiger partial charge in [-0.2, -0.15) is 4.31 Å². The van der Waals surface area contributed by atoms with Crippen molar-refractivity contribution in [2.24, 2.45) is 5.92 Å². The molecule has 1 fully saturated rings. The van der Waals surface area contributed by atoms with Crippen LogP contribution >= 0.6 is 0 Å². The van der Waals surface area contributed by atoms with Crippen LogP contribution < -0.4 is 10.1 Å². The number of ether oxygens (including phenoxy) is 1. The molecule has 1 saturated heterocycles. The molecule has 33 heavy (non-hydrogen) atoms. The van der Waals surface area contributed by atoms with Crippen LogP contribution in [0.3, 0.4) is 0 Å². The largest absolute Gasteiger partial charge is 0.491 e. The number of rotatable bonds is 7. The molecule has 1 N–H and O–H groups in total. The molecule has 0 atom stereocenters. The predicted octanol–water partition coefficient (Wildman–Crippen LogP) is 4.38. The Kier molecular flexibility index (Phi) is 7.00. The van der Waals surface area contributed by atoms with Gasteiger partial charge in [0.05, 0.1) is 11.4 Å². The van der Waals surface area contributed by atoms with E-state index in [2.05, 4.69) is 12.2 Å². The Hall–Kier alpha value is -2.90. The summed E-state index contributed by atoms with van der Waals surface area (Å²) in [5.74, 6) is 0.993. The van der Waals surface area contributed by atoms with Crippen molar-refractivity contribution in [1.82, 2.24) is 9.62 Å². The van der Waals surface area contributed by atoms with Gasteiger partial charge in [0.25, 0.3) is 5.91 Å². The van der Waals surface area contributed by atoms with Crippen LogP contribution in [0.25, 0.3) is 10.8 Å². The highest BCUT2D eigenvalue weighted by Gasteiger charge is 2.28. The average Bonchev–Trinajstić information content (AvgIpc) is 2.82. The molecule has 0 unspecified atom stereocenters. The predicted molar refractivity (Wildman–Crippen MR) is 130 cm³/mol. The summed E-state index contributed by atoms with van der Waals surface area (Å²) in [7, 11) is -3.61. The highest BCUT2D eigenvalue weighted by atomic mass is 32.2. The number of nitrogens with zero attached hydrogens (tertiary/aromatic N) is 1. The number of fused-ring (bicyclic) bond motifs is 1. The van der Waals surface area contributed by atoms with Crippen molar-refractivity contribution in [3.05, 3.63) is 71.8 Å². The van der Waals surface area contributed by atoms with E-state index in [-0.39, 0.29) is 10.8 Å². The maximum Gasteiger partial charge on any atom is 0.251 e. The molecule has 4 rings (SSSR count). The van der Waals surface area contributed by atoms with Crippen LogP contribution in [0, 0.1) is 12.8 Å². The molecular weight excluding hydrogens is 436 g/mol. The second-order valence-corrected chi connectivity index (χ2v) is 10.6. The van der Waals surface area contributed by atoms with Gasteiger partial charge >= 0.3 is 0 Å². The Morgan fingerprint density at radius 2 is 1.79 bits per heavy atom. The first-order valence-electron chi connectivity index (χ1n) is 11.4. The molecule has 1 amide bonds. The quantitative estimate of drug-likeness (QED) is 0.525. The van der Waals surface area contributed by atoms with Crippen LogP contribution in [-0.4, -0.2) is 44.9 Å². The Morgan fingerprint density at radius 3 is 2.58 bits per heavy atom. The molecule has 0 radical (unpaired) electrons. The summed E-state index contributed by atoms with van der Waals surface area (Å²) in [5, 5.41) is 4.96. The number of benzene rings is 3. The van der Waals surface area contributed by atoms with Crippen molar-refractivity contribution in [3.63, 3.8) is 0 Å². The molecule has 174 valence electrons. The molecular formula is C26H30N2O4S. The van der Waals surface area contributed by atoms with Gasteiger partial charge < -0.3 is 10.1 Å². The molecule has 0 bridgehead atoms. The second-order valence-electron chi connectivity index (χ2n) is 8.64. The summed E-state index contributed by atoms with van der Waals surface area (Å²) in [6, 6.07) is 18.6. The number of hydrogen-bond acceptors (Lipinski definition) is 4.